The Morgan fingerprint density at radius 3 is 2.79 bits per heavy atom. The predicted octanol–water partition coefficient (Wildman–Crippen LogP) is 4.76. The van der Waals surface area contributed by atoms with Gasteiger partial charge in [0.05, 0.1) is 12.7 Å². The maximum atomic E-state index is 12.7. The van der Waals surface area contributed by atoms with Crippen molar-refractivity contribution in [2.45, 2.75) is 58.5 Å². The van der Waals surface area contributed by atoms with Gasteiger partial charge in [0.2, 0.25) is 0 Å². The van der Waals surface area contributed by atoms with Crippen LogP contribution in [0.3, 0.4) is 0 Å². The summed E-state index contributed by atoms with van der Waals surface area (Å²) in [6.45, 7) is 3.05. The average Bonchev–Trinajstić information content (AvgIpc) is 2.36. The molecule has 0 aromatic heterocycles. The molecule has 1 fully saturated rings. The topological polar surface area (TPSA) is 59.3 Å². The zero-order chi connectivity index (χ0) is 14.4. The molecule has 4 nitrogen and oxygen atoms in total. The van der Waals surface area contributed by atoms with Gasteiger partial charge in [-0.3, -0.25) is 4.52 Å². The number of nitrogens with zero attached hydrogens (tertiary/aromatic N) is 1. The SMILES string of the molecule is CCCSP(=O)(OCC)OC1(C#N)CCCC(C)C1. The standard InChI is InChI=1S/C13H24NO3PS/c1-4-9-19-18(15,16-5-2)17-13(11-14)8-6-7-12(3)10-13/h12H,4-10H2,1-3H3. The van der Waals surface area contributed by atoms with Gasteiger partial charge in [0, 0.05) is 5.75 Å². The van der Waals surface area contributed by atoms with Gasteiger partial charge >= 0.3 is 6.80 Å². The van der Waals surface area contributed by atoms with Crippen molar-refractivity contribution in [1.29, 1.82) is 5.26 Å². The Kier molecular flexibility index (Phi) is 6.90. The second-order valence-electron chi connectivity index (χ2n) is 5.10. The normalized spacial score (nSPS) is 30.5. The van der Waals surface area contributed by atoms with E-state index >= 15 is 0 Å². The first-order valence-electron chi connectivity index (χ1n) is 7.00. The van der Waals surface area contributed by atoms with Crippen molar-refractivity contribution in [2.75, 3.05) is 12.4 Å². The lowest BCUT2D eigenvalue weighted by Crippen LogP contribution is -2.35. The summed E-state index contributed by atoms with van der Waals surface area (Å²) in [7, 11) is 0. The van der Waals surface area contributed by atoms with Crippen molar-refractivity contribution in [2.24, 2.45) is 5.92 Å². The van der Waals surface area contributed by atoms with Gasteiger partial charge in [0.15, 0.2) is 5.60 Å². The fourth-order valence-electron chi connectivity index (χ4n) is 2.37. The van der Waals surface area contributed by atoms with Gasteiger partial charge in [-0.15, -0.1) is 0 Å². The zero-order valence-corrected chi connectivity index (χ0v) is 13.8. The van der Waals surface area contributed by atoms with Gasteiger partial charge in [-0.1, -0.05) is 20.3 Å². The van der Waals surface area contributed by atoms with E-state index < -0.39 is 12.4 Å². The molecule has 0 amide bonds. The van der Waals surface area contributed by atoms with Gasteiger partial charge in [-0.05, 0) is 49.9 Å². The van der Waals surface area contributed by atoms with Gasteiger partial charge < -0.3 is 4.52 Å². The Hall–Kier alpha value is -0.01000. The molecule has 0 aromatic rings. The Bertz CT molecular complexity index is 371. The molecule has 0 spiro atoms. The molecule has 0 bridgehead atoms. The van der Waals surface area contributed by atoms with Crippen LogP contribution in [0, 0.1) is 17.2 Å². The summed E-state index contributed by atoms with van der Waals surface area (Å²) in [6, 6.07) is 2.25. The van der Waals surface area contributed by atoms with E-state index in [1.165, 1.54) is 11.4 Å². The predicted molar refractivity (Wildman–Crippen MR) is 79.0 cm³/mol. The van der Waals surface area contributed by atoms with Crippen molar-refractivity contribution >= 4 is 18.2 Å². The summed E-state index contributed by atoms with van der Waals surface area (Å²) >= 11 is 1.22. The molecule has 1 aliphatic rings. The van der Waals surface area contributed by atoms with Crippen LogP contribution >= 0.6 is 18.2 Å². The third-order valence-corrected chi connectivity index (χ3v) is 7.28. The van der Waals surface area contributed by atoms with Crippen LogP contribution < -0.4 is 0 Å². The van der Waals surface area contributed by atoms with Crippen LogP contribution in [0.2, 0.25) is 0 Å². The van der Waals surface area contributed by atoms with Gasteiger partial charge in [0.1, 0.15) is 0 Å². The van der Waals surface area contributed by atoms with E-state index in [2.05, 4.69) is 13.0 Å². The monoisotopic (exact) mass is 305 g/mol. The maximum absolute atomic E-state index is 12.7. The first kappa shape index (κ1) is 17.0. The summed E-state index contributed by atoms with van der Waals surface area (Å²) in [4.78, 5) is 0. The second kappa shape index (κ2) is 7.69. The molecule has 110 valence electrons. The Balaban J connectivity index is 2.80. The van der Waals surface area contributed by atoms with Crippen molar-refractivity contribution in [3.63, 3.8) is 0 Å². The maximum Gasteiger partial charge on any atom is 0.390 e. The van der Waals surface area contributed by atoms with Crippen LogP contribution in [0.5, 0.6) is 0 Å². The molecule has 3 atom stereocenters. The summed E-state index contributed by atoms with van der Waals surface area (Å²) < 4.78 is 23.8. The molecule has 0 heterocycles. The van der Waals surface area contributed by atoms with E-state index in [9.17, 15) is 9.83 Å². The summed E-state index contributed by atoms with van der Waals surface area (Å²) in [5.74, 6) is 1.15. The van der Waals surface area contributed by atoms with Crippen molar-refractivity contribution in [3.8, 4) is 6.07 Å². The highest BCUT2D eigenvalue weighted by Crippen LogP contribution is 2.64. The van der Waals surface area contributed by atoms with E-state index in [0.29, 0.717) is 31.1 Å². The molecule has 1 rings (SSSR count). The van der Waals surface area contributed by atoms with Crippen molar-refractivity contribution in [3.05, 3.63) is 0 Å². The fraction of sp³-hybridized carbons (Fsp3) is 0.923. The Morgan fingerprint density at radius 1 is 1.53 bits per heavy atom. The fourth-order valence-corrected chi connectivity index (χ4v) is 6.25. The lowest BCUT2D eigenvalue weighted by atomic mass is 9.80. The largest absolute Gasteiger partial charge is 0.390 e. The average molecular weight is 305 g/mol. The molecule has 0 aliphatic heterocycles. The first-order valence-corrected chi connectivity index (χ1v) is 10.1. The highest BCUT2D eigenvalue weighted by atomic mass is 32.7. The minimum atomic E-state index is -3.22. The minimum Gasteiger partial charge on any atom is -0.301 e. The lowest BCUT2D eigenvalue weighted by molar-refractivity contribution is 0.0508. The molecule has 6 heteroatoms. The number of hydrogen-bond donors (Lipinski definition) is 0. The van der Waals surface area contributed by atoms with E-state index in [-0.39, 0.29) is 0 Å². The minimum absolute atomic E-state index is 0.338. The molecule has 0 saturated heterocycles. The second-order valence-corrected chi connectivity index (χ2v) is 9.22. The number of nitriles is 1. The molecule has 1 aliphatic carbocycles. The smallest absolute Gasteiger partial charge is 0.301 e. The van der Waals surface area contributed by atoms with Crippen LogP contribution in [0.15, 0.2) is 0 Å². The Labute approximate surface area is 120 Å². The quantitative estimate of drug-likeness (QED) is 0.634. The molecule has 0 radical (unpaired) electrons. The van der Waals surface area contributed by atoms with Crippen molar-refractivity contribution < 1.29 is 13.6 Å². The molecule has 1 saturated carbocycles. The lowest BCUT2D eigenvalue weighted by Gasteiger charge is -2.35. The highest BCUT2D eigenvalue weighted by Gasteiger charge is 2.43. The van der Waals surface area contributed by atoms with Crippen LogP contribution in [-0.4, -0.2) is 18.0 Å². The van der Waals surface area contributed by atoms with Crippen LogP contribution in [-0.2, 0) is 13.6 Å². The van der Waals surface area contributed by atoms with E-state index in [1.54, 1.807) is 6.92 Å². The van der Waals surface area contributed by atoms with E-state index in [1.807, 2.05) is 6.92 Å². The summed E-state index contributed by atoms with van der Waals surface area (Å²) in [5.41, 5.74) is -0.927. The van der Waals surface area contributed by atoms with E-state index in [4.69, 9.17) is 9.05 Å². The van der Waals surface area contributed by atoms with Crippen LogP contribution in [0.1, 0.15) is 52.9 Å². The molecule has 0 aromatic carbocycles. The Morgan fingerprint density at radius 2 is 2.26 bits per heavy atom. The van der Waals surface area contributed by atoms with E-state index in [0.717, 1.165) is 19.3 Å². The number of rotatable bonds is 7. The first-order chi connectivity index (χ1) is 8.99. The van der Waals surface area contributed by atoms with Gasteiger partial charge in [0.25, 0.3) is 0 Å². The number of hydrogen-bond acceptors (Lipinski definition) is 5. The van der Waals surface area contributed by atoms with Crippen LogP contribution in [0.25, 0.3) is 0 Å². The molecule has 0 N–H and O–H groups in total. The highest BCUT2D eigenvalue weighted by molar-refractivity contribution is 8.55. The van der Waals surface area contributed by atoms with Gasteiger partial charge in [-0.25, -0.2) is 4.57 Å². The zero-order valence-electron chi connectivity index (χ0n) is 12.1. The summed E-state index contributed by atoms with van der Waals surface area (Å²) in [6.07, 6.45) is 4.25. The third kappa shape index (κ3) is 5.11. The van der Waals surface area contributed by atoms with Crippen molar-refractivity contribution in [1.82, 2.24) is 0 Å². The molecular weight excluding hydrogens is 281 g/mol. The van der Waals surface area contributed by atoms with Gasteiger partial charge in [-0.2, -0.15) is 5.26 Å². The van der Waals surface area contributed by atoms with Crippen LogP contribution in [0.4, 0.5) is 0 Å². The molecule has 3 unspecified atom stereocenters. The molecule has 19 heavy (non-hydrogen) atoms. The summed E-state index contributed by atoms with van der Waals surface area (Å²) in [5, 5.41) is 9.46. The molecular formula is C13H24NO3PS. The third-order valence-electron chi connectivity index (χ3n) is 3.19.